The van der Waals surface area contributed by atoms with Crippen molar-refractivity contribution in [3.8, 4) is 5.75 Å². The first-order chi connectivity index (χ1) is 12.8. The monoisotopic (exact) mass is 350 g/mol. The van der Waals surface area contributed by atoms with E-state index in [0.29, 0.717) is 0 Å². The van der Waals surface area contributed by atoms with Crippen LogP contribution in [0, 0.1) is 6.92 Å². The van der Waals surface area contributed by atoms with Gasteiger partial charge < -0.3 is 4.74 Å². The molecule has 0 bridgehead atoms. The van der Waals surface area contributed by atoms with Crippen molar-refractivity contribution in [1.82, 2.24) is 0 Å². The second-order valence-electron chi connectivity index (χ2n) is 6.87. The Morgan fingerprint density at radius 1 is 0.808 bits per heavy atom. The first-order valence-electron chi connectivity index (χ1n) is 10.2. The summed E-state index contributed by atoms with van der Waals surface area (Å²) in [4.78, 5) is 0. The average molecular weight is 351 g/mol. The third-order valence-corrected chi connectivity index (χ3v) is 4.77. The first-order valence-corrected chi connectivity index (χ1v) is 10.2. The summed E-state index contributed by atoms with van der Waals surface area (Å²) < 4.78 is 5.87. The molecule has 0 saturated heterocycles. The zero-order valence-corrected chi connectivity index (χ0v) is 16.8. The largest absolute Gasteiger partial charge is 0.493 e. The Bertz CT molecular complexity index is 642. The zero-order valence-electron chi connectivity index (χ0n) is 16.8. The second-order valence-corrected chi connectivity index (χ2v) is 6.87. The van der Waals surface area contributed by atoms with Crippen LogP contribution < -0.4 is 4.74 Å². The summed E-state index contributed by atoms with van der Waals surface area (Å²) in [6.07, 6.45) is 11.1. The lowest BCUT2D eigenvalue weighted by Gasteiger charge is -2.13. The molecule has 140 valence electrons. The molecule has 26 heavy (non-hydrogen) atoms. The van der Waals surface area contributed by atoms with Crippen LogP contribution in [0.2, 0.25) is 0 Å². The molecule has 1 aliphatic rings. The first kappa shape index (κ1) is 20.3. The summed E-state index contributed by atoms with van der Waals surface area (Å²) in [7, 11) is 0. The van der Waals surface area contributed by atoms with Gasteiger partial charge in [-0.15, -0.1) is 0 Å². The molecule has 0 aromatic heterocycles. The number of benzene rings is 2. The molecule has 0 amide bonds. The highest BCUT2D eigenvalue weighted by molar-refractivity contribution is 5.32. The quantitative estimate of drug-likeness (QED) is 0.393. The Hall–Kier alpha value is -2.02. The summed E-state index contributed by atoms with van der Waals surface area (Å²) in [5.74, 6) is 0.977. The Morgan fingerprint density at radius 3 is 2.00 bits per heavy atom. The number of aryl methyl sites for hydroxylation is 1. The van der Waals surface area contributed by atoms with Gasteiger partial charge in [-0.1, -0.05) is 73.9 Å². The van der Waals surface area contributed by atoms with Gasteiger partial charge in [-0.25, -0.2) is 0 Å². The van der Waals surface area contributed by atoms with Gasteiger partial charge in [0.2, 0.25) is 0 Å². The number of rotatable bonds is 6. The van der Waals surface area contributed by atoms with E-state index in [1.54, 1.807) is 5.57 Å². The third kappa shape index (κ3) is 7.07. The summed E-state index contributed by atoms with van der Waals surface area (Å²) in [6.45, 7) is 6.90. The minimum atomic E-state index is 0.779. The molecule has 1 heteroatoms. The molecule has 0 atom stereocenters. The smallest absolute Gasteiger partial charge is 0.119 e. The highest BCUT2D eigenvalue weighted by Gasteiger charge is 2.04. The summed E-state index contributed by atoms with van der Waals surface area (Å²) in [5.41, 5.74) is 5.63. The van der Waals surface area contributed by atoms with Crippen LogP contribution in [0.25, 0.3) is 0 Å². The molecular weight excluding hydrogens is 316 g/mol. The Morgan fingerprint density at radius 2 is 1.38 bits per heavy atom. The van der Waals surface area contributed by atoms with Crippen molar-refractivity contribution in [2.24, 2.45) is 0 Å². The van der Waals surface area contributed by atoms with Gasteiger partial charge in [0.05, 0.1) is 6.61 Å². The van der Waals surface area contributed by atoms with E-state index in [1.165, 1.54) is 48.8 Å². The number of ether oxygens (including phenoxy) is 1. The lowest BCUT2D eigenvalue weighted by Crippen LogP contribution is -1.98. The molecule has 1 fully saturated rings. The van der Waals surface area contributed by atoms with E-state index >= 15 is 0 Å². The Labute approximate surface area is 160 Å². The SMILES string of the molecule is CC.Cc1ccc(Cc2ccc(OCCC=C3CCCCC3)cc2)cc1. The number of allylic oxidation sites excluding steroid dienone is 1. The molecule has 0 aliphatic heterocycles. The Balaban J connectivity index is 0.00000117. The maximum absolute atomic E-state index is 5.87. The van der Waals surface area contributed by atoms with E-state index in [9.17, 15) is 0 Å². The molecule has 0 unspecified atom stereocenters. The second kappa shape index (κ2) is 11.6. The van der Waals surface area contributed by atoms with Crippen molar-refractivity contribution >= 4 is 0 Å². The molecule has 0 N–H and O–H groups in total. The van der Waals surface area contributed by atoms with Gasteiger partial charge in [0, 0.05) is 0 Å². The van der Waals surface area contributed by atoms with Crippen molar-refractivity contribution in [2.75, 3.05) is 6.61 Å². The molecule has 0 heterocycles. The summed E-state index contributed by atoms with van der Waals surface area (Å²) in [5, 5.41) is 0. The van der Waals surface area contributed by atoms with Gasteiger partial charge in [-0.05, 0) is 68.7 Å². The highest BCUT2D eigenvalue weighted by atomic mass is 16.5. The van der Waals surface area contributed by atoms with Gasteiger partial charge in [0.1, 0.15) is 5.75 Å². The topological polar surface area (TPSA) is 9.23 Å². The van der Waals surface area contributed by atoms with Crippen LogP contribution in [0.15, 0.2) is 60.2 Å². The predicted octanol–water partition coefficient (Wildman–Crippen LogP) is 7.27. The van der Waals surface area contributed by atoms with Gasteiger partial charge in [-0.3, -0.25) is 0 Å². The van der Waals surface area contributed by atoms with Crippen molar-refractivity contribution in [3.63, 3.8) is 0 Å². The molecule has 3 rings (SSSR count). The predicted molar refractivity (Wildman–Crippen MR) is 113 cm³/mol. The zero-order chi connectivity index (χ0) is 18.6. The molecule has 1 aliphatic carbocycles. The standard InChI is InChI=1S/C23H28O.C2H6/c1-19-9-11-21(12-10-19)18-22-13-15-23(16-14-22)24-17-5-8-20-6-3-2-4-7-20;1-2/h8-16H,2-7,17-18H2,1H3;1-2H3. The van der Waals surface area contributed by atoms with Crippen molar-refractivity contribution in [2.45, 2.75) is 65.7 Å². The average Bonchev–Trinajstić information content (AvgIpc) is 2.71. The van der Waals surface area contributed by atoms with Crippen LogP contribution in [0.1, 0.15) is 69.1 Å². The van der Waals surface area contributed by atoms with Crippen LogP contribution >= 0.6 is 0 Å². The maximum atomic E-state index is 5.87. The lowest BCUT2D eigenvalue weighted by atomic mass is 9.94. The van der Waals surface area contributed by atoms with Crippen LogP contribution in [0.4, 0.5) is 0 Å². The normalized spacial score (nSPS) is 13.6. The van der Waals surface area contributed by atoms with E-state index in [4.69, 9.17) is 4.74 Å². The molecule has 2 aromatic rings. The minimum absolute atomic E-state index is 0.779. The molecule has 1 saturated carbocycles. The van der Waals surface area contributed by atoms with Gasteiger partial charge in [-0.2, -0.15) is 0 Å². The van der Waals surface area contributed by atoms with E-state index in [1.807, 2.05) is 13.8 Å². The maximum Gasteiger partial charge on any atom is 0.119 e. The van der Waals surface area contributed by atoms with Gasteiger partial charge in [0.15, 0.2) is 0 Å². The van der Waals surface area contributed by atoms with E-state index in [-0.39, 0.29) is 0 Å². The van der Waals surface area contributed by atoms with E-state index in [0.717, 1.165) is 25.2 Å². The number of hydrogen-bond acceptors (Lipinski definition) is 1. The minimum Gasteiger partial charge on any atom is -0.493 e. The van der Waals surface area contributed by atoms with E-state index in [2.05, 4.69) is 61.5 Å². The molecular formula is C25H34O. The molecule has 1 nitrogen and oxygen atoms in total. The van der Waals surface area contributed by atoms with Crippen molar-refractivity contribution in [3.05, 3.63) is 76.9 Å². The van der Waals surface area contributed by atoms with Crippen LogP contribution in [0.3, 0.4) is 0 Å². The fourth-order valence-electron chi connectivity index (χ4n) is 3.30. The van der Waals surface area contributed by atoms with E-state index < -0.39 is 0 Å². The third-order valence-electron chi connectivity index (χ3n) is 4.77. The van der Waals surface area contributed by atoms with Crippen LogP contribution in [0.5, 0.6) is 5.75 Å². The lowest BCUT2D eigenvalue weighted by molar-refractivity contribution is 0.324. The number of hydrogen-bond donors (Lipinski definition) is 0. The van der Waals surface area contributed by atoms with Crippen molar-refractivity contribution in [1.29, 1.82) is 0 Å². The van der Waals surface area contributed by atoms with Gasteiger partial charge >= 0.3 is 0 Å². The highest BCUT2D eigenvalue weighted by Crippen LogP contribution is 2.23. The Kier molecular flexibility index (Phi) is 9.03. The molecule has 2 aromatic carbocycles. The van der Waals surface area contributed by atoms with Crippen molar-refractivity contribution < 1.29 is 4.74 Å². The van der Waals surface area contributed by atoms with Crippen LogP contribution in [-0.4, -0.2) is 6.61 Å². The van der Waals surface area contributed by atoms with Gasteiger partial charge in [0.25, 0.3) is 0 Å². The fourth-order valence-corrected chi connectivity index (χ4v) is 3.30. The fraction of sp³-hybridized carbons (Fsp3) is 0.440. The molecule has 0 radical (unpaired) electrons. The molecule has 0 spiro atoms. The summed E-state index contributed by atoms with van der Waals surface area (Å²) in [6, 6.07) is 17.3. The summed E-state index contributed by atoms with van der Waals surface area (Å²) >= 11 is 0. The van der Waals surface area contributed by atoms with Crippen LogP contribution in [-0.2, 0) is 6.42 Å².